The molecule has 0 saturated heterocycles. The summed E-state index contributed by atoms with van der Waals surface area (Å²) in [5.41, 5.74) is 0.271. The third-order valence-electron chi connectivity index (χ3n) is 2.62. The predicted molar refractivity (Wildman–Crippen MR) is 64.2 cm³/mol. The second-order valence-corrected chi connectivity index (χ2v) is 3.80. The highest BCUT2D eigenvalue weighted by molar-refractivity contribution is 5.46. The third kappa shape index (κ3) is 3.33. The molecule has 0 aliphatic rings. The van der Waals surface area contributed by atoms with Gasteiger partial charge in [-0.05, 0) is 26.1 Å². The van der Waals surface area contributed by atoms with Crippen LogP contribution in [0.5, 0.6) is 11.5 Å². The number of hydrogen-bond donors (Lipinski definition) is 4. The first-order valence-corrected chi connectivity index (χ1v) is 5.48. The lowest BCUT2D eigenvalue weighted by atomic mass is 10.0. The highest BCUT2D eigenvalue weighted by Crippen LogP contribution is 2.34. The van der Waals surface area contributed by atoms with E-state index in [-0.39, 0.29) is 17.1 Å². The van der Waals surface area contributed by atoms with Crippen molar-refractivity contribution in [3.8, 4) is 11.5 Å². The number of benzene rings is 1. The van der Waals surface area contributed by atoms with Gasteiger partial charge in [-0.1, -0.05) is 12.1 Å². The molecule has 2 atom stereocenters. The van der Waals surface area contributed by atoms with Crippen molar-refractivity contribution in [3.05, 3.63) is 23.8 Å². The van der Waals surface area contributed by atoms with Crippen molar-refractivity contribution in [2.45, 2.75) is 18.6 Å². The van der Waals surface area contributed by atoms with Crippen LogP contribution in [0.25, 0.3) is 0 Å². The number of hydrogen-bond acceptors (Lipinski definition) is 5. The van der Waals surface area contributed by atoms with E-state index in [1.54, 1.807) is 25.2 Å². The Kier molecular flexibility index (Phi) is 5.21. The maximum absolute atomic E-state index is 9.92. The van der Waals surface area contributed by atoms with Crippen LogP contribution in [-0.2, 0) is 0 Å². The monoisotopic (exact) mass is 241 g/mol. The number of nitrogens with one attached hydrogen (secondary N) is 1. The molecule has 96 valence electrons. The van der Waals surface area contributed by atoms with Gasteiger partial charge in [0.15, 0.2) is 11.5 Å². The normalized spacial score (nSPS) is 14.4. The molecule has 0 spiro atoms. The zero-order valence-electron chi connectivity index (χ0n) is 10.1. The van der Waals surface area contributed by atoms with Gasteiger partial charge in [0.1, 0.15) is 6.10 Å². The number of ether oxygens (including phenoxy) is 1. The first-order chi connectivity index (χ1) is 8.11. The zero-order valence-corrected chi connectivity index (χ0v) is 10.1. The molecule has 4 N–H and O–H groups in total. The van der Waals surface area contributed by atoms with E-state index in [4.69, 9.17) is 4.74 Å². The molecular formula is C12H19NO4. The molecular weight excluding hydrogens is 222 g/mol. The maximum atomic E-state index is 9.92. The van der Waals surface area contributed by atoms with Crippen molar-refractivity contribution in [3.63, 3.8) is 0 Å². The summed E-state index contributed by atoms with van der Waals surface area (Å²) in [4.78, 5) is 0. The van der Waals surface area contributed by atoms with Crippen molar-refractivity contribution in [1.82, 2.24) is 5.32 Å². The van der Waals surface area contributed by atoms with Gasteiger partial charge < -0.3 is 25.4 Å². The van der Waals surface area contributed by atoms with Gasteiger partial charge in [-0.15, -0.1) is 0 Å². The molecule has 5 nitrogen and oxygen atoms in total. The Morgan fingerprint density at radius 1 is 1.35 bits per heavy atom. The minimum Gasteiger partial charge on any atom is -0.504 e. The number of aliphatic hydroxyl groups is 2. The van der Waals surface area contributed by atoms with E-state index in [2.05, 4.69) is 5.32 Å². The van der Waals surface area contributed by atoms with Crippen LogP contribution >= 0.6 is 0 Å². The Morgan fingerprint density at radius 3 is 2.65 bits per heavy atom. The standard InChI is InChI=1S/C12H19NO4/c1-13-7-6-9(14)11(15)8-4-3-5-10(17-2)12(8)16/h3-5,9,11,13-16H,6-7H2,1-2H3. The van der Waals surface area contributed by atoms with Crippen molar-refractivity contribution >= 4 is 0 Å². The lowest BCUT2D eigenvalue weighted by Crippen LogP contribution is -2.23. The molecule has 0 aliphatic heterocycles. The molecule has 0 aromatic heterocycles. The van der Waals surface area contributed by atoms with Crippen LogP contribution in [0.4, 0.5) is 0 Å². The van der Waals surface area contributed by atoms with Crippen LogP contribution in [0.1, 0.15) is 18.1 Å². The highest BCUT2D eigenvalue weighted by Gasteiger charge is 2.22. The SMILES string of the molecule is CNCCC(O)C(O)c1cccc(OC)c1O. The second kappa shape index (κ2) is 6.44. The van der Waals surface area contributed by atoms with Crippen molar-refractivity contribution in [2.75, 3.05) is 20.7 Å². The van der Waals surface area contributed by atoms with Crippen molar-refractivity contribution in [2.24, 2.45) is 0 Å². The van der Waals surface area contributed by atoms with Gasteiger partial charge in [0.05, 0.1) is 13.2 Å². The molecule has 1 aromatic rings. The molecule has 0 aliphatic carbocycles. The zero-order chi connectivity index (χ0) is 12.8. The number of phenolic OH excluding ortho intramolecular Hbond substituents is 1. The Bertz CT molecular complexity index is 356. The lowest BCUT2D eigenvalue weighted by molar-refractivity contribution is 0.0126. The molecule has 0 amide bonds. The third-order valence-corrected chi connectivity index (χ3v) is 2.62. The highest BCUT2D eigenvalue weighted by atomic mass is 16.5. The van der Waals surface area contributed by atoms with Crippen LogP contribution in [0.2, 0.25) is 0 Å². The fourth-order valence-corrected chi connectivity index (χ4v) is 1.60. The van der Waals surface area contributed by atoms with E-state index in [0.717, 1.165) is 0 Å². The summed E-state index contributed by atoms with van der Waals surface area (Å²) in [6, 6.07) is 4.80. The lowest BCUT2D eigenvalue weighted by Gasteiger charge is -2.19. The minimum atomic E-state index is -1.13. The van der Waals surface area contributed by atoms with Gasteiger partial charge in [0.25, 0.3) is 0 Å². The van der Waals surface area contributed by atoms with Gasteiger partial charge >= 0.3 is 0 Å². The van der Waals surface area contributed by atoms with Crippen molar-refractivity contribution in [1.29, 1.82) is 0 Å². The molecule has 17 heavy (non-hydrogen) atoms. The average molecular weight is 241 g/mol. The van der Waals surface area contributed by atoms with Gasteiger partial charge in [0, 0.05) is 5.56 Å². The number of rotatable bonds is 6. The smallest absolute Gasteiger partial charge is 0.163 e. The van der Waals surface area contributed by atoms with Gasteiger partial charge in [-0.3, -0.25) is 0 Å². The summed E-state index contributed by atoms with van der Waals surface area (Å²) in [7, 11) is 3.20. The average Bonchev–Trinajstić information content (AvgIpc) is 2.35. The quantitative estimate of drug-likeness (QED) is 0.580. The van der Waals surface area contributed by atoms with Crippen LogP contribution in [0, 0.1) is 0 Å². The van der Waals surface area contributed by atoms with E-state index in [1.807, 2.05) is 0 Å². The maximum Gasteiger partial charge on any atom is 0.163 e. The van der Waals surface area contributed by atoms with E-state index in [0.29, 0.717) is 13.0 Å². The Labute approximate surface area is 101 Å². The van der Waals surface area contributed by atoms with E-state index >= 15 is 0 Å². The van der Waals surface area contributed by atoms with Crippen LogP contribution in [0.15, 0.2) is 18.2 Å². The summed E-state index contributed by atoms with van der Waals surface area (Å²) >= 11 is 0. The molecule has 0 bridgehead atoms. The number of aliphatic hydroxyl groups excluding tert-OH is 2. The first kappa shape index (κ1) is 13.8. The fourth-order valence-electron chi connectivity index (χ4n) is 1.60. The summed E-state index contributed by atoms with van der Waals surface area (Å²) in [6.07, 6.45) is -1.66. The fraction of sp³-hybridized carbons (Fsp3) is 0.500. The molecule has 0 saturated carbocycles. The van der Waals surface area contributed by atoms with E-state index in [9.17, 15) is 15.3 Å². The number of phenols is 1. The van der Waals surface area contributed by atoms with Crippen LogP contribution < -0.4 is 10.1 Å². The van der Waals surface area contributed by atoms with Crippen LogP contribution in [-0.4, -0.2) is 42.1 Å². The predicted octanol–water partition coefficient (Wildman–Crippen LogP) is 0.405. The van der Waals surface area contributed by atoms with Gasteiger partial charge in [-0.25, -0.2) is 0 Å². The van der Waals surface area contributed by atoms with Gasteiger partial charge in [0.2, 0.25) is 0 Å². The second-order valence-electron chi connectivity index (χ2n) is 3.80. The summed E-state index contributed by atoms with van der Waals surface area (Å²) < 4.78 is 4.94. The topological polar surface area (TPSA) is 82.0 Å². The molecule has 0 heterocycles. The molecule has 2 unspecified atom stereocenters. The minimum absolute atomic E-state index is 0.133. The molecule has 0 fully saturated rings. The Morgan fingerprint density at radius 2 is 2.06 bits per heavy atom. The summed E-state index contributed by atoms with van der Waals surface area (Å²) in [5.74, 6) is 0.147. The molecule has 0 radical (unpaired) electrons. The largest absolute Gasteiger partial charge is 0.504 e. The molecule has 1 rings (SSSR count). The molecule has 5 heteroatoms. The van der Waals surface area contributed by atoms with Crippen molar-refractivity contribution < 1.29 is 20.1 Å². The van der Waals surface area contributed by atoms with E-state index in [1.165, 1.54) is 7.11 Å². The summed E-state index contributed by atoms with van der Waals surface area (Å²) in [6.45, 7) is 0.586. The van der Waals surface area contributed by atoms with E-state index < -0.39 is 12.2 Å². The Balaban J connectivity index is 2.84. The molecule has 1 aromatic carbocycles. The van der Waals surface area contributed by atoms with Crippen LogP contribution in [0.3, 0.4) is 0 Å². The first-order valence-electron chi connectivity index (χ1n) is 5.48. The summed E-state index contributed by atoms with van der Waals surface area (Å²) in [5, 5.41) is 32.4. The number of para-hydroxylation sites is 1. The Hall–Kier alpha value is -1.30. The number of aromatic hydroxyl groups is 1. The van der Waals surface area contributed by atoms with Gasteiger partial charge in [-0.2, -0.15) is 0 Å². The number of methoxy groups -OCH3 is 1.